The first kappa shape index (κ1) is 36.7. The van der Waals surface area contributed by atoms with E-state index in [1.54, 1.807) is 38.1 Å². The topological polar surface area (TPSA) is 226 Å². The van der Waals surface area contributed by atoms with Crippen molar-refractivity contribution < 1.29 is 43.4 Å². The van der Waals surface area contributed by atoms with E-state index in [-0.39, 0.29) is 50.8 Å². The maximum atomic E-state index is 13.3. The molecule has 1 aliphatic heterocycles. The van der Waals surface area contributed by atoms with Crippen molar-refractivity contribution in [3.8, 4) is 0 Å². The Bertz CT molecular complexity index is 1220. The zero-order valence-electron chi connectivity index (χ0n) is 25.9. The predicted molar refractivity (Wildman–Crippen MR) is 162 cm³/mol. The van der Waals surface area contributed by atoms with Crippen LogP contribution in [-0.4, -0.2) is 82.8 Å². The Morgan fingerprint density at radius 1 is 1.00 bits per heavy atom. The third kappa shape index (κ3) is 12.9. The number of rotatable bonds is 18. The van der Waals surface area contributed by atoms with Crippen LogP contribution in [0.4, 0.5) is 10.5 Å². The predicted octanol–water partition coefficient (Wildman–Crippen LogP) is 0.443. The molecule has 7 amide bonds. The van der Waals surface area contributed by atoms with Gasteiger partial charge in [-0.2, -0.15) is 0 Å². The first-order valence-electron chi connectivity index (χ1n) is 15.0. The van der Waals surface area contributed by atoms with Gasteiger partial charge in [-0.05, 0) is 49.3 Å². The number of primary amides is 1. The first-order valence-corrected chi connectivity index (χ1v) is 15.0. The fourth-order valence-corrected chi connectivity index (χ4v) is 4.56. The van der Waals surface area contributed by atoms with Crippen molar-refractivity contribution in [1.82, 2.24) is 20.9 Å². The van der Waals surface area contributed by atoms with E-state index >= 15 is 0 Å². The Kier molecular flexibility index (Phi) is 14.9. The van der Waals surface area contributed by atoms with Gasteiger partial charge in [0.05, 0.1) is 6.42 Å². The minimum absolute atomic E-state index is 0.0864. The third-order valence-corrected chi connectivity index (χ3v) is 7.04. The second-order valence-electron chi connectivity index (χ2n) is 11.2. The molecule has 2 rings (SSSR count). The van der Waals surface area contributed by atoms with Gasteiger partial charge in [0, 0.05) is 32.1 Å². The minimum Gasteiger partial charge on any atom is -0.461 e. The van der Waals surface area contributed by atoms with Crippen molar-refractivity contribution in [2.45, 2.75) is 90.5 Å². The number of aliphatic hydroxyl groups excluding tert-OH is 1. The number of likely N-dealkylation sites (tertiary alicyclic amines) is 1. The molecule has 15 heteroatoms. The molecule has 0 aliphatic carbocycles. The number of nitrogens with one attached hydrogen (secondary N) is 4. The number of urea groups is 1. The number of unbranched alkanes of at least 4 members (excludes halogenated alkanes) is 2. The molecule has 1 aliphatic rings. The Hall–Kier alpha value is -4.53. The van der Waals surface area contributed by atoms with E-state index in [1.807, 2.05) is 0 Å². The molecule has 15 nitrogen and oxygen atoms in total. The molecule has 1 heterocycles. The molecule has 1 unspecified atom stereocenters. The zero-order chi connectivity index (χ0) is 33.5. The number of carbonyl (C=O) groups is 7. The van der Waals surface area contributed by atoms with Gasteiger partial charge in [0.15, 0.2) is 0 Å². The molecule has 1 saturated heterocycles. The van der Waals surface area contributed by atoms with Gasteiger partial charge < -0.3 is 36.8 Å². The van der Waals surface area contributed by atoms with Crippen LogP contribution in [0, 0.1) is 5.92 Å². The highest BCUT2D eigenvalue weighted by atomic mass is 16.5. The van der Waals surface area contributed by atoms with Gasteiger partial charge in [-0.25, -0.2) is 4.79 Å². The lowest BCUT2D eigenvalue weighted by molar-refractivity contribution is -0.142. The summed E-state index contributed by atoms with van der Waals surface area (Å²) in [5, 5.41) is 20.1. The van der Waals surface area contributed by atoms with E-state index in [1.165, 1.54) is 6.92 Å². The number of benzene rings is 1. The van der Waals surface area contributed by atoms with Gasteiger partial charge in [-0.1, -0.05) is 32.4 Å². The van der Waals surface area contributed by atoms with Crippen LogP contribution >= 0.6 is 0 Å². The molecule has 1 aromatic rings. The molecular weight excluding hydrogens is 588 g/mol. The lowest BCUT2D eigenvalue weighted by Gasteiger charge is -2.25. The fourth-order valence-electron chi connectivity index (χ4n) is 4.56. The lowest BCUT2D eigenvalue weighted by atomic mass is 10.0. The summed E-state index contributed by atoms with van der Waals surface area (Å²) in [6.07, 6.45) is 0.582. The second-order valence-corrected chi connectivity index (χ2v) is 11.2. The highest BCUT2D eigenvalue weighted by Crippen LogP contribution is 2.15. The highest BCUT2D eigenvalue weighted by Gasteiger charge is 2.36. The van der Waals surface area contributed by atoms with E-state index in [0.29, 0.717) is 31.4 Å². The molecule has 0 spiro atoms. The number of amides is 7. The van der Waals surface area contributed by atoms with Gasteiger partial charge in [-0.15, -0.1) is 0 Å². The number of nitrogens with zero attached hydrogens (tertiary/aromatic N) is 1. The normalized spacial score (nSPS) is 15.8. The van der Waals surface area contributed by atoms with E-state index < -0.39 is 53.8 Å². The number of imide groups is 1. The highest BCUT2D eigenvalue weighted by molar-refractivity contribution is 6.04. The number of hydrogen-bond donors (Lipinski definition) is 6. The van der Waals surface area contributed by atoms with E-state index in [9.17, 15) is 38.7 Å². The molecule has 3 atom stereocenters. The van der Waals surface area contributed by atoms with Crippen molar-refractivity contribution in [1.29, 1.82) is 0 Å². The van der Waals surface area contributed by atoms with Crippen molar-refractivity contribution in [3.05, 3.63) is 29.8 Å². The molecule has 45 heavy (non-hydrogen) atoms. The molecular formula is C30H44N6O9. The molecule has 1 aromatic carbocycles. The summed E-state index contributed by atoms with van der Waals surface area (Å²) in [5.74, 6) is -3.17. The second kappa shape index (κ2) is 18.3. The minimum atomic E-state index is -1.29. The summed E-state index contributed by atoms with van der Waals surface area (Å²) in [5.41, 5.74) is 6.28. The smallest absolute Gasteiger partial charge is 0.312 e. The number of hydrogen-bond acceptors (Lipinski definition) is 9. The zero-order valence-corrected chi connectivity index (χ0v) is 25.9. The molecule has 0 aromatic heterocycles. The molecule has 0 radical (unpaired) electrons. The maximum Gasteiger partial charge on any atom is 0.312 e. The van der Waals surface area contributed by atoms with Crippen LogP contribution in [-0.2, 0) is 40.1 Å². The SMILES string of the molecule is CC(=O)OCc1ccc(NC(=O)[C@H](CCCNC(N)=O)NC(=O)[C@@H](NC(=O)CCCCCN2C(=O)CC(O)C2=O)C(C)C)cc1. The van der Waals surface area contributed by atoms with Crippen LogP contribution in [0.5, 0.6) is 0 Å². The van der Waals surface area contributed by atoms with Crippen molar-refractivity contribution in [3.63, 3.8) is 0 Å². The van der Waals surface area contributed by atoms with Crippen molar-refractivity contribution in [2.24, 2.45) is 11.7 Å². The van der Waals surface area contributed by atoms with Crippen LogP contribution < -0.4 is 27.0 Å². The van der Waals surface area contributed by atoms with Gasteiger partial charge >= 0.3 is 12.0 Å². The Morgan fingerprint density at radius 3 is 2.27 bits per heavy atom. The van der Waals surface area contributed by atoms with Gasteiger partial charge in [0.25, 0.3) is 5.91 Å². The summed E-state index contributed by atoms with van der Waals surface area (Å²) >= 11 is 0. The standard InChI is InChI=1S/C30H44N6O9/c1-18(2)26(35-24(39)9-5-4-6-15-36-25(40)16-23(38)29(36)43)28(42)34-22(8-7-14-32-30(31)44)27(41)33-21-12-10-20(11-13-21)17-45-19(3)37/h10-13,18,22-23,26,38H,4-9,14-17H2,1-3H3,(H,33,41)(H,34,42)(H,35,39)(H3,31,32,44)/t22-,23?,26-/m0/s1. The number of esters is 1. The van der Waals surface area contributed by atoms with Crippen LogP contribution in [0.1, 0.15) is 71.3 Å². The first-order chi connectivity index (χ1) is 21.3. The summed E-state index contributed by atoms with van der Waals surface area (Å²) in [6.45, 7) is 5.26. The molecule has 7 N–H and O–H groups in total. The third-order valence-electron chi connectivity index (χ3n) is 7.04. The number of aliphatic hydroxyl groups is 1. The lowest BCUT2D eigenvalue weighted by Crippen LogP contribution is -2.54. The monoisotopic (exact) mass is 632 g/mol. The summed E-state index contributed by atoms with van der Waals surface area (Å²) in [4.78, 5) is 85.8. The van der Waals surface area contributed by atoms with Crippen LogP contribution in [0.25, 0.3) is 0 Å². The number of anilines is 1. The Morgan fingerprint density at radius 2 is 1.69 bits per heavy atom. The quantitative estimate of drug-likeness (QED) is 0.0749. The molecule has 0 saturated carbocycles. The summed E-state index contributed by atoms with van der Waals surface area (Å²) in [7, 11) is 0. The Labute approximate surface area is 262 Å². The van der Waals surface area contributed by atoms with Gasteiger partial charge in [0.2, 0.25) is 23.6 Å². The molecule has 248 valence electrons. The van der Waals surface area contributed by atoms with E-state index in [2.05, 4.69) is 21.3 Å². The van der Waals surface area contributed by atoms with Crippen molar-refractivity contribution in [2.75, 3.05) is 18.4 Å². The largest absolute Gasteiger partial charge is 0.461 e. The summed E-state index contributed by atoms with van der Waals surface area (Å²) < 4.78 is 4.96. The molecule has 0 bridgehead atoms. The van der Waals surface area contributed by atoms with Crippen LogP contribution in [0.15, 0.2) is 24.3 Å². The molecule has 1 fully saturated rings. The average Bonchev–Trinajstić information content (AvgIpc) is 3.21. The van der Waals surface area contributed by atoms with Crippen molar-refractivity contribution >= 4 is 47.2 Å². The number of ether oxygens (including phenoxy) is 1. The fraction of sp³-hybridized carbons (Fsp3) is 0.567. The van der Waals surface area contributed by atoms with Crippen LogP contribution in [0.2, 0.25) is 0 Å². The van der Waals surface area contributed by atoms with Gasteiger partial charge in [-0.3, -0.25) is 33.7 Å². The number of carbonyl (C=O) groups excluding carboxylic acids is 7. The van der Waals surface area contributed by atoms with E-state index in [4.69, 9.17) is 10.5 Å². The average molecular weight is 633 g/mol. The van der Waals surface area contributed by atoms with E-state index in [0.717, 1.165) is 10.5 Å². The van der Waals surface area contributed by atoms with Gasteiger partial charge in [0.1, 0.15) is 24.8 Å². The van der Waals surface area contributed by atoms with Crippen LogP contribution in [0.3, 0.4) is 0 Å². The Balaban J connectivity index is 1.93. The summed E-state index contributed by atoms with van der Waals surface area (Å²) in [6, 6.07) is 3.98. The maximum absolute atomic E-state index is 13.3. The number of nitrogens with two attached hydrogens (primary N) is 1.